The highest BCUT2D eigenvalue weighted by Crippen LogP contribution is 2.32. The van der Waals surface area contributed by atoms with Crippen molar-refractivity contribution in [1.82, 2.24) is 0 Å². The van der Waals surface area contributed by atoms with Crippen molar-refractivity contribution >= 4 is 23.5 Å². The standard InChI is InChI=1S/C25H31NO6/c1-16-12-19(13-20(23(28)30-6)24(29)32-25(3,4)5)14-21(22(16)26-17(2)27)31-15-18-10-8-7-9-11-18/h7-12,14,20H,13,15H2,1-6H3,(H,26,27)/t20-/m1/s1. The highest BCUT2D eigenvalue weighted by atomic mass is 16.6. The highest BCUT2D eigenvalue weighted by Gasteiger charge is 2.32. The molecule has 7 nitrogen and oxygen atoms in total. The van der Waals surface area contributed by atoms with Crippen molar-refractivity contribution in [2.75, 3.05) is 12.4 Å². The van der Waals surface area contributed by atoms with Gasteiger partial charge in [-0.2, -0.15) is 0 Å². The van der Waals surface area contributed by atoms with Crippen molar-refractivity contribution in [1.29, 1.82) is 0 Å². The Morgan fingerprint density at radius 2 is 1.66 bits per heavy atom. The number of anilines is 1. The number of ether oxygens (including phenoxy) is 3. The molecule has 0 spiro atoms. The van der Waals surface area contributed by atoms with Gasteiger partial charge in [-0.3, -0.25) is 14.4 Å². The molecule has 172 valence electrons. The molecule has 2 aromatic carbocycles. The first kappa shape index (κ1) is 24.9. The van der Waals surface area contributed by atoms with E-state index in [1.807, 2.05) is 37.3 Å². The Hall–Kier alpha value is -3.35. The van der Waals surface area contributed by atoms with E-state index in [-0.39, 0.29) is 12.3 Å². The maximum atomic E-state index is 12.6. The molecule has 32 heavy (non-hydrogen) atoms. The van der Waals surface area contributed by atoms with E-state index in [1.165, 1.54) is 14.0 Å². The van der Waals surface area contributed by atoms with E-state index in [0.29, 0.717) is 23.6 Å². The summed E-state index contributed by atoms with van der Waals surface area (Å²) in [4.78, 5) is 36.7. The molecule has 0 aromatic heterocycles. The van der Waals surface area contributed by atoms with Crippen LogP contribution in [0.4, 0.5) is 5.69 Å². The minimum Gasteiger partial charge on any atom is -0.487 e. The van der Waals surface area contributed by atoms with Crippen LogP contribution in [0.5, 0.6) is 5.75 Å². The van der Waals surface area contributed by atoms with Crippen molar-refractivity contribution in [3.05, 3.63) is 59.2 Å². The van der Waals surface area contributed by atoms with Crippen LogP contribution in [0.25, 0.3) is 0 Å². The summed E-state index contributed by atoms with van der Waals surface area (Å²) in [6, 6.07) is 13.1. The molecule has 1 N–H and O–H groups in total. The van der Waals surface area contributed by atoms with Gasteiger partial charge in [0.05, 0.1) is 12.8 Å². The molecule has 7 heteroatoms. The molecule has 0 aliphatic rings. The first-order valence-electron chi connectivity index (χ1n) is 10.4. The van der Waals surface area contributed by atoms with E-state index in [4.69, 9.17) is 14.2 Å². The third-order valence-corrected chi connectivity index (χ3v) is 4.51. The number of hydrogen-bond donors (Lipinski definition) is 1. The lowest BCUT2D eigenvalue weighted by molar-refractivity contribution is -0.168. The Balaban J connectivity index is 2.36. The first-order chi connectivity index (χ1) is 15.0. The molecule has 2 aromatic rings. The number of methoxy groups -OCH3 is 1. The van der Waals surface area contributed by atoms with Gasteiger partial charge in [-0.1, -0.05) is 36.4 Å². The fourth-order valence-electron chi connectivity index (χ4n) is 3.14. The normalized spacial score (nSPS) is 11.9. The second kappa shape index (κ2) is 10.8. The molecule has 0 bridgehead atoms. The van der Waals surface area contributed by atoms with Crippen LogP contribution in [0.2, 0.25) is 0 Å². The van der Waals surface area contributed by atoms with Crippen molar-refractivity contribution < 1.29 is 28.6 Å². The smallest absolute Gasteiger partial charge is 0.321 e. The third kappa shape index (κ3) is 7.41. The monoisotopic (exact) mass is 441 g/mol. The molecule has 0 saturated heterocycles. The van der Waals surface area contributed by atoms with E-state index in [2.05, 4.69) is 5.32 Å². The van der Waals surface area contributed by atoms with Gasteiger partial charge in [0.15, 0.2) is 5.92 Å². The van der Waals surface area contributed by atoms with Crippen molar-refractivity contribution in [2.24, 2.45) is 5.92 Å². The van der Waals surface area contributed by atoms with Gasteiger partial charge in [0.2, 0.25) is 5.91 Å². The predicted octanol–water partition coefficient (Wildman–Crippen LogP) is 4.21. The van der Waals surface area contributed by atoms with Gasteiger partial charge in [0.1, 0.15) is 18.0 Å². The summed E-state index contributed by atoms with van der Waals surface area (Å²) in [5.74, 6) is -2.22. The van der Waals surface area contributed by atoms with E-state index in [0.717, 1.165) is 11.1 Å². The van der Waals surface area contributed by atoms with E-state index in [1.54, 1.807) is 32.9 Å². The van der Waals surface area contributed by atoms with Gasteiger partial charge >= 0.3 is 11.9 Å². The maximum absolute atomic E-state index is 12.6. The topological polar surface area (TPSA) is 90.9 Å². The lowest BCUT2D eigenvalue weighted by Crippen LogP contribution is -2.34. The number of rotatable bonds is 8. The second-order valence-corrected chi connectivity index (χ2v) is 8.55. The van der Waals surface area contributed by atoms with Gasteiger partial charge in [-0.05, 0) is 56.9 Å². The van der Waals surface area contributed by atoms with E-state index in [9.17, 15) is 14.4 Å². The zero-order valence-corrected chi connectivity index (χ0v) is 19.5. The van der Waals surface area contributed by atoms with Crippen LogP contribution < -0.4 is 10.1 Å². The first-order valence-corrected chi connectivity index (χ1v) is 10.4. The lowest BCUT2D eigenvalue weighted by Gasteiger charge is -2.23. The molecule has 0 fully saturated rings. The van der Waals surface area contributed by atoms with Gasteiger partial charge in [0.25, 0.3) is 0 Å². The number of benzene rings is 2. The van der Waals surface area contributed by atoms with E-state index < -0.39 is 23.5 Å². The molecule has 0 aliphatic carbocycles. The fraction of sp³-hybridized carbons (Fsp3) is 0.400. The number of aryl methyl sites for hydroxylation is 1. The molecule has 0 heterocycles. The largest absolute Gasteiger partial charge is 0.487 e. The quantitative estimate of drug-likeness (QED) is 0.488. The maximum Gasteiger partial charge on any atom is 0.321 e. The fourth-order valence-corrected chi connectivity index (χ4v) is 3.14. The number of amides is 1. The summed E-state index contributed by atoms with van der Waals surface area (Å²) < 4.78 is 16.3. The molecular formula is C25H31NO6. The van der Waals surface area contributed by atoms with Crippen molar-refractivity contribution in [2.45, 2.75) is 53.2 Å². The summed E-state index contributed by atoms with van der Waals surface area (Å²) in [5.41, 5.74) is 2.20. The van der Waals surface area contributed by atoms with Gasteiger partial charge in [-0.25, -0.2) is 0 Å². The lowest BCUT2D eigenvalue weighted by atomic mass is 9.96. The van der Waals surface area contributed by atoms with Crippen LogP contribution >= 0.6 is 0 Å². The minimum absolute atomic E-state index is 0.0739. The van der Waals surface area contributed by atoms with Gasteiger partial charge in [-0.15, -0.1) is 0 Å². The van der Waals surface area contributed by atoms with Crippen LogP contribution in [0.3, 0.4) is 0 Å². The number of carbonyl (C=O) groups is 3. The van der Waals surface area contributed by atoms with Crippen molar-refractivity contribution in [3.8, 4) is 5.75 Å². The van der Waals surface area contributed by atoms with Gasteiger partial charge in [0, 0.05) is 6.92 Å². The molecular weight excluding hydrogens is 410 g/mol. The van der Waals surface area contributed by atoms with Crippen LogP contribution in [0.15, 0.2) is 42.5 Å². The predicted molar refractivity (Wildman–Crippen MR) is 121 cm³/mol. The van der Waals surface area contributed by atoms with Crippen LogP contribution in [0, 0.1) is 12.8 Å². The average molecular weight is 442 g/mol. The third-order valence-electron chi connectivity index (χ3n) is 4.51. The Morgan fingerprint density at radius 1 is 1.00 bits per heavy atom. The molecule has 0 aliphatic heterocycles. The Morgan fingerprint density at radius 3 is 2.22 bits per heavy atom. The molecule has 1 amide bonds. The Kier molecular flexibility index (Phi) is 8.41. The molecule has 1 atom stereocenters. The zero-order chi connectivity index (χ0) is 23.9. The van der Waals surface area contributed by atoms with Crippen molar-refractivity contribution in [3.63, 3.8) is 0 Å². The van der Waals surface area contributed by atoms with Crippen LogP contribution in [-0.2, 0) is 36.9 Å². The summed E-state index contributed by atoms with van der Waals surface area (Å²) >= 11 is 0. The highest BCUT2D eigenvalue weighted by molar-refractivity contribution is 5.95. The van der Waals surface area contributed by atoms with Gasteiger partial charge < -0.3 is 19.5 Å². The van der Waals surface area contributed by atoms with Crippen LogP contribution in [0.1, 0.15) is 44.4 Å². The summed E-state index contributed by atoms with van der Waals surface area (Å²) in [6.07, 6.45) is 0.0739. The molecule has 0 radical (unpaired) electrons. The summed E-state index contributed by atoms with van der Waals surface area (Å²) in [6.45, 7) is 8.75. The molecule has 0 unspecified atom stereocenters. The zero-order valence-electron chi connectivity index (χ0n) is 19.5. The number of carbonyl (C=O) groups excluding carboxylic acids is 3. The Bertz CT molecular complexity index is 962. The molecule has 0 saturated carbocycles. The molecule has 2 rings (SSSR count). The summed E-state index contributed by atoms with van der Waals surface area (Å²) in [5, 5.41) is 2.80. The van der Waals surface area contributed by atoms with E-state index >= 15 is 0 Å². The van der Waals surface area contributed by atoms with Crippen LogP contribution in [-0.4, -0.2) is 30.6 Å². The minimum atomic E-state index is -1.12. The second-order valence-electron chi connectivity index (χ2n) is 8.55. The SMILES string of the molecule is COC(=O)[C@@H](Cc1cc(C)c(NC(C)=O)c(OCc2ccccc2)c1)C(=O)OC(C)(C)C. The average Bonchev–Trinajstić information content (AvgIpc) is 2.71. The summed E-state index contributed by atoms with van der Waals surface area (Å²) in [7, 11) is 1.24. The number of nitrogens with one attached hydrogen (secondary N) is 1. The Labute approximate surface area is 189 Å². The number of hydrogen-bond acceptors (Lipinski definition) is 6. The number of esters is 2.